The molecular weight excluding hydrogens is 366 g/mol. The van der Waals surface area contributed by atoms with E-state index in [2.05, 4.69) is 17.5 Å². The van der Waals surface area contributed by atoms with Crippen LogP contribution in [0.15, 0.2) is 60.7 Å². The number of ether oxygens (including phenoxy) is 2. The highest BCUT2D eigenvalue weighted by atomic mass is 16.5. The van der Waals surface area contributed by atoms with Crippen LogP contribution in [0.5, 0.6) is 5.75 Å². The summed E-state index contributed by atoms with van der Waals surface area (Å²) in [5, 5.41) is 2.88. The average Bonchev–Trinajstić information content (AvgIpc) is 3.36. The predicted octanol–water partition coefficient (Wildman–Crippen LogP) is 4.44. The number of fused-ring (bicyclic) bond motifs is 2. The van der Waals surface area contributed by atoms with Crippen molar-refractivity contribution in [2.75, 3.05) is 12.4 Å². The number of amides is 1. The van der Waals surface area contributed by atoms with E-state index in [1.54, 1.807) is 25.3 Å². The lowest BCUT2D eigenvalue weighted by Gasteiger charge is -2.23. The number of benzene rings is 2. The van der Waals surface area contributed by atoms with Crippen molar-refractivity contribution in [3.05, 3.63) is 71.8 Å². The van der Waals surface area contributed by atoms with Crippen LogP contribution in [0.3, 0.4) is 0 Å². The second-order valence-corrected chi connectivity index (χ2v) is 7.81. The molecule has 150 valence electrons. The number of rotatable bonds is 6. The highest BCUT2D eigenvalue weighted by molar-refractivity contribution is 5.97. The lowest BCUT2D eigenvalue weighted by atomic mass is 9.93. The van der Waals surface area contributed by atoms with Crippen molar-refractivity contribution >= 4 is 17.6 Å². The number of anilines is 1. The molecule has 5 heteroatoms. The first-order valence-corrected chi connectivity index (χ1v) is 9.94. The first-order valence-electron chi connectivity index (χ1n) is 9.94. The normalized spacial score (nSPS) is 22.9. The van der Waals surface area contributed by atoms with Crippen LogP contribution in [0.1, 0.15) is 30.1 Å². The van der Waals surface area contributed by atoms with E-state index in [1.807, 2.05) is 37.3 Å². The molecule has 2 aliphatic rings. The zero-order valence-corrected chi connectivity index (χ0v) is 16.6. The molecule has 0 aromatic heterocycles. The third kappa shape index (κ3) is 4.04. The van der Waals surface area contributed by atoms with Gasteiger partial charge in [-0.2, -0.15) is 0 Å². The number of hydrogen-bond donors (Lipinski definition) is 1. The maximum absolute atomic E-state index is 13.1. The number of carbonyl (C=O) groups is 2. The Kier molecular flexibility index (Phi) is 5.38. The van der Waals surface area contributed by atoms with Gasteiger partial charge in [0.05, 0.1) is 18.7 Å². The molecule has 0 saturated heterocycles. The van der Waals surface area contributed by atoms with Crippen LogP contribution in [0.2, 0.25) is 0 Å². The van der Waals surface area contributed by atoms with Gasteiger partial charge in [-0.05, 0) is 49.3 Å². The Labute approximate surface area is 170 Å². The van der Waals surface area contributed by atoms with Gasteiger partial charge >= 0.3 is 5.97 Å². The van der Waals surface area contributed by atoms with Crippen molar-refractivity contribution in [1.29, 1.82) is 0 Å². The lowest BCUT2D eigenvalue weighted by Crippen LogP contribution is -2.30. The summed E-state index contributed by atoms with van der Waals surface area (Å²) in [5.41, 5.74) is 2.18. The van der Waals surface area contributed by atoms with E-state index in [0.29, 0.717) is 22.9 Å². The fourth-order valence-corrected chi connectivity index (χ4v) is 4.27. The van der Waals surface area contributed by atoms with Gasteiger partial charge in [0, 0.05) is 5.56 Å². The largest absolute Gasteiger partial charge is 0.495 e. The molecule has 4 unspecified atom stereocenters. The second kappa shape index (κ2) is 8.11. The molecule has 0 radical (unpaired) electrons. The van der Waals surface area contributed by atoms with Crippen molar-refractivity contribution in [3.63, 3.8) is 0 Å². The number of carbonyl (C=O) groups excluding carboxylic acids is 2. The number of aryl methyl sites for hydroxylation is 1. The van der Waals surface area contributed by atoms with Crippen LogP contribution in [0.4, 0.5) is 5.69 Å². The minimum atomic E-state index is -1.02. The smallest absolute Gasteiger partial charge is 0.310 e. The van der Waals surface area contributed by atoms with E-state index in [9.17, 15) is 9.59 Å². The van der Waals surface area contributed by atoms with Crippen LogP contribution in [0.25, 0.3) is 0 Å². The number of nitrogens with one attached hydrogen (secondary N) is 1. The zero-order valence-electron chi connectivity index (χ0n) is 16.6. The molecule has 0 heterocycles. The Hall–Kier alpha value is -3.08. The molecule has 1 N–H and O–H groups in total. The van der Waals surface area contributed by atoms with Crippen LogP contribution < -0.4 is 10.1 Å². The fraction of sp³-hybridized carbons (Fsp3) is 0.333. The predicted molar refractivity (Wildman–Crippen MR) is 110 cm³/mol. The molecule has 4 atom stereocenters. The minimum absolute atomic E-state index is 0.169. The summed E-state index contributed by atoms with van der Waals surface area (Å²) in [6, 6.07) is 14.7. The lowest BCUT2D eigenvalue weighted by molar-refractivity contribution is -0.159. The van der Waals surface area contributed by atoms with E-state index in [0.717, 1.165) is 18.4 Å². The molecule has 2 aromatic carbocycles. The molecule has 1 fully saturated rings. The van der Waals surface area contributed by atoms with Crippen LogP contribution in [0, 0.1) is 24.7 Å². The summed E-state index contributed by atoms with van der Waals surface area (Å²) in [7, 11) is 1.55. The molecular formula is C24H25NO4. The number of hydrogen-bond acceptors (Lipinski definition) is 4. The van der Waals surface area contributed by atoms with Gasteiger partial charge in [-0.25, -0.2) is 0 Å². The van der Waals surface area contributed by atoms with Gasteiger partial charge in [0.1, 0.15) is 5.75 Å². The first kappa shape index (κ1) is 19.2. The minimum Gasteiger partial charge on any atom is -0.495 e. The first-order chi connectivity index (χ1) is 14.0. The monoisotopic (exact) mass is 391 g/mol. The highest BCUT2D eigenvalue weighted by Gasteiger charge is 2.42. The van der Waals surface area contributed by atoms with Crippen LogP contribution in [-0.4, -0.2) is 19.0 Å². The topological polar surface area (TPSA) is 64.6 Å². The molecule has 0 spiro atoms. The van der Waals surface area contributed by atoms with Gasteiger partial charge in [0.15, 0.2) is 0 Å². The molecule has 2 aromatic rings. The molecule has 0 aliphatic heterocycles. The molecule has 1 amide bonds. The highest BCUT2D eigenvalue weighted by Crippen LogP contribution is 2.44. The van der Waals surface area contributed by atoms with E-state index >= 15 is 0 Å². The van der Waals surface area contributed by atoms with Crippen LogP contribution in [-0.2, 0) is 14.3 Å². The third-order valence-corrected chi connectivity index (χ3v) is 5.77. The number of methoxy groups -OCH3 is 1. The fourth-order valence-electron chi connectivity index (χ4n) is 4.27. The van der Waals surface area contributed by atoms with E-state index in [-0.39, 0.29) is 17.8 Å². The molecule has 4 rings (SSSR count). The molecule has 2 bridgehead atoms. The summed E-state index contributed by atoms with van der Waals surface area (Å²) < 4.78 is 11.1. The number of esters is 1. The van der Waals surface area contributed by atoms with Gasteiger partial charge < -0.3 is 14.8 Å². The van der Waals surface area contributed by atoms with E-state index < -0.39 is 12.0 Å². The SMILES string of the molecule is COc1ccc(C)cc1NC(=O)C(OC(=O)C1CC2C=CC1C2)c1ccccc1. The van der Waals surface area contributed by atoms with Gasteiger partial charge in [0.2, 0.25) is 6.10 Å². The van der Waals surface area contributed by atoms with Gasteiger partial charge in [0.25, 0.3) is 5.91 Å². The molecule has 2 aliphatic carbocycles. The third-order valence-electron chi connectivity index (χ3n) is 5.77. The van der Waals surface area contributed by atoms with E-state index in [1.165, 1.54) is 0 Å². The summed E-state index contributed by atoms with van der Waals surface area (Å²) in [4.78, 5) is 26.0. The maximum atomic E-state index is 13.1. The molecule has 5 nitrogen and oxygen atoms in total. The van der Waals surface area contributed by atoms with Crippen molar-refractivity contribution in [2.24, 2.45) is 17.8 Å². The Morgan fingerprint density at radius 1 is 1.07 bits per heavy atom. The number of allylic oxidation sites excluding steroid dienone is 2. The van der Waals surface area contributed by atoms with E-state index in [4.69, 9.17) is 9.47 Å². The quantitative estimate of drug-likeness (QED) is 0.584. The van der Waals surface area contributed by atoms with Gasteiger partial charge in [-0.3, -0.25) is 9.59 Å². The second-order valence-electron chi connectivity index (χ2n) is 7.81. The van der Waals surface area contributed by atoms with Crippen molar-refractivity contribution in [2.45, 2.75) is 25.9 Å². The average molecular weight is 391 g/mol. The Bertz CT molecular complexity index is 937. The molecule has 1 saturated carbocycles. The standard InChI is InChI=1S/C24H25NO4/c1-15-8-11-21(28-2)20(12-15)25-23(26)22(17-6-4-3-5-7-17)29-24(27)19-14-16-9-10-18(19)13-16/h3-12,16,18-19,22H,13-14H2,1-2H3,(H,25,26). The Morgan fingerprint density at radius 2 is 1.86 bits per heavy atom. The molecule has 29 heavy (non-hydrogen) atoms. The van der Waals surface area contributed by atoms with Crippen LogP contribution >= 0.6 is 0 Å². The Balaban J connectivity index is 1.56. The maximum Gasteiger partial charge on any atom is 0.310 e. The summed E-state index contributed by atoms with van der Waals surface area (Å²) in [6.07, 6.45) is 5.07. The summed E-state index contributed by atoms with van der Waals surface area (Å²) in [5.74, 6) is 0.369. The van der Waals surface area contributed by atoms with Gasteiger partial charge in [-0.1, -0.05) is 48.6 Å². The van der Waals surface area contributed by atoms with Crippen molar-refractivity contribution in [3.8, 4) is 5.75 Å². The Morgan fingerprint density at radius 3 is 2.52 bits per heavy atom. The zero-order chi connectivity index (χ0) is 20.4. The summed E-state index contributed by atoms with van der Waals surface area (Å²) >= 11 is 0. The summed E-state index contributed by atoms with van der Waals surface area (Å²) in [6.45, 7) is 1.94. The van der Waals surface area contributed by atoms with Gasteiger partial charge in [-0.15, -0.1) is 0 Å². The van der Waals surface area contributed by atoms with Crippen molar-refractivity contribution < 1.29 is 19.1 Å². The van der Waals surface area contributed by atoms with Crippen molar-refractivity contribution in [1.82, 2.24) is 0 Å².